The van der Waals surface area contributed by atoms with Crippen LogP contribution in [-0.4, -0.2) is 71.6 Å². The van der Waals surface area contributed by atoms with Crippen molar-refractivity contribution in [1.82, 2.24) is 19.7 Å². The smallest absolute Gasteiger partial charge is 0.248 e. The number of carbonyl (C=O) groups is 1. The first-order valence-electron chi connectivity index (χ1n) is 13.3. The highest BCUT2D eigenvalue weighted by Crippen LogP contribution is 2.37. The maximum atomic E-state index is 12.5. The predicted octanol–water partition coefficient (Wildman–Crippen LogP) is 4.44. The van der Waals surface area contributed by atoms with Crippen LogP contribution in [0.25, 0.3) is 11.1 Å². The van der Waals surface area contributed by atoms with Gasteiger partial charge in [-0.05, 0) is 44.4 Å². The van der Waals surface area contributed by atoms with Gasteiger partial charge in [-0.3, -0.25) is 9.48 Å². The highest BCUT2D eigenvalue weighted by atomic mass is 35.5. The third-order valence-electron chi connectivity index (χ3n) is 6.90. The monoisotopic (exact) mass is 590 g/mol. The fraction of sp³-hybridized carbons (Fsp3) is 0.464. The van der Waals surface area contributed by atoms with Crippen molar-refractivity contribution in [2.75, 3.05) is 51.8 Å². The topological polar surface area (TPSA) is 131 Å². The largest absolute Gasteiger partial charge is 0.482 e. The van der Waals surface area contributed by atoms with E-state index in [1.807, 2.05) is 41.8 Å². The normalized spacial score (nSPS) is 14.9. The third kappa shape index (κ3) is 7.44. The van der Waals surface area contributed by atoms with Crippen LogP contribution in [0.2, 0.25) is 10.0 Å². The number of halogens is 2. The molecule has 3 heterocycles. The lowest BCUT2D eigenvalue weighted by molar-refractivity contribution is -0.138. The van der Waals surface area contributed by atoms with Gasteiger partial charge in [-0.1, -0.05) is 29.3 Å². The summed E-state index contributed by atoms with van der Waals surface area (Å²) in [6.07, 6.45) is 6.65. The predicted molar refractivity (Wildman–Crippen MR) is 156 cm³/mol. The average molecular weight is 592 g/mol. The molecular formula is C28H36Cl2N6O4. The second kappa shape index (κ2) is 14.1. The number of aromatic nitrogens is 3. The van der Waals surface area contributed by atoms with Crippen LogP contribution in [0.3, 0.4) is 0 Å². The summed E-state index contributed by atoms with van der Waals surface area (Å²) >= 11 is 12.9. The number of hydrogen-bond donors (Lipinski definition) is 2. The van der Waals surface area contributed by atoms with Gasteiger partial charge in [0, 0.05) is 53.7 Å². The van der Waals surface area contributed by atoms with E-state index in [-0.39, 0.29) is 24.4 Å². The summed E-state index contributed by atoms with van der Waals surface area (Å²) in [4.78, 5) is 18.7. The van der Waals surface area contributed by atoms with Crippen molar-refractivity contribution in [3.63, 3.8) is 0 Å². The Morgan fingerprint density at radius 1 is 1.12 bits per heavy atom. The molecule has 1 aliphatic heterocycles. The summed E-state index contributed by atoms with van der Waals surface area (Å²) in [7, 11) is 0. The number of aryl methyl sites for hydroxylation is 1. The first kappa shape index (κ1) is 30.1. The first-order chi connectivity index (χ1) is 19.3. The molecule has 1 aliphatic rings. The van der Waals surface area contributed by atoms with Crippen molar-refractivity contribution >= 4 is 34.9 Å². The molecule has 2 aromatic heterocycles. The zero-order valence-corrected chi connectivity index (χ0v) is 24.3. The van der Waals surface area contributed by atoms with Gasteiger partial charge in [0.2, 0.25) is 5.91 Å². The number of benzene rings is 1. The first-order valence-corrected chi connectivity index (χ1v) is 14.1. The number of nitrogens with two attached hydrogens (primary N) is 2. The number of anilines is 1. The number of piperidine rings is 1. The lowest BCUT2D eigenvalue weighted by atomic mass is 10.1. The Labute approximate surface area is 244 Å². The Hall–Kier alpha value is -2.89. The number of carbonyl (C=O) groups excluding carboxylic acids is 1. The molecule has 1 atom stereocenters. The van der Waals surface area contributed by atoms with Crippen LogP contribution in [0, 0.1) is 6.92 Å². The summed E-state index contributed by atoms with van der Waals surface area (Å²) in [5.74, 6) is 0.694. The van der Waals surface area contributed by atoms with Gasteiger partial charge in [-0.2, -0.15) is 5.10 Å². The molecule has 4 N–H and O–H groups in total. The molecule has 1 fully saturated rings. The van der Waals surface area contributed by atoms with E-state index in [1.54, 1.807) is 18.5 Å². The molecule has 216 valence electrons. The highest BCUT2D eigenvalue weighted by Gasteiger charge is 2.25. The molecule has 0 saturated carbocycles. The number of nitrogen functional groups attached to an aromatic ring is 1. The van der Waals surface area contributed by atoms with Crippen LogP contribution in [0.15, 0.2) is 36.8 Å². The number of hydrogen-bond acceptors (Lipinski definition) is 8. The van der Waals surface area contributed by atoms with E-state index in [0.29, 0.717) is 60.8 Å². The van der Waals surface area contributed by atoms with E-state index in [4.69, 9.17) is 48.9 Å². The van der Waals surface area contributed by atoms with E-state index in [0.717, 1.165) is 29.5 Å². The van der Waals surface area contributed by atoms with Crippen LogP contribution < -0.4 is 16.2 Å². The van der Waals surface area contributed by atoms with Crippen molar-refractivity contribution < 1.29 is 19.0 Å². The summed E-state index contributed by atoms with van der Waals surface area (Å²) in [6, 6.07) is 5.71. The van der Waals surface area contributed by atoms with Crippen LogP contribution in [0.5, 0.6) is 5.75 Å². The van der Waals surface area contributed by atoms with Crippen molar-refractivity contribution in [3.8, 4) is 16.9 Å². The van der Waals surface area contributed by atoms with Crippen LogP contribution in [0.4, 0.5) is 5.82 Å². The standard InChI is InChI=1S/C28H36Cl2N6O4/c1-18-3-4-23(29)26(27(18)30)19(2)40-24-13-20(14-33-28(24)32)21-15-34-36(16-21)22-5-8-35(9-6-22)25(37)17-39-12-11-38-10-7-31/h3-4,13-16,19,22H,5-12,17,31H2,1-2H3,(H2,32,33). The number of pyridine rings is 1. The Morgan fingerprint density at radius 3 is 2.62 bits per heavy atom. The molecule has 1 saturated heterocycles. The SMILES string of the molecule is Cc1ccc(Cl)c(C(C)Oc2cc(-c3cnn(C4CCN(C(=O)COCCOCCN)CC4)c3)cnc2N)c1Cl. The van der Waals surface area contributed by atoms with Crippen molar-refractivity contribution in [3.05, 3.63) is 58.0 Å². The Balaban J connectivity index is 1.34. The van der Waals surface area contributed by atoms with E-state index in [1.165, 1.54) is 0 Å². The van der Waals surface area contributed by atoms with E-state index < -0.39 is 6.10 Å². The molecule has 1 amide bonds. The minimum absolute atomic E-state index is 0.0126. The molecule has 10 nitrogen and oxygen atoms in total. The molecule has 1 unspecified atom stereocenters. The van der Waals surface area contributed by atoms with Gasteiger partial charge in [-0.15, -0.1) is 0 Å². The van der Waals surface area contributed by atoms with Crippen LogP contribution >= 0.6 is 23.2 Å². The molecule has 0 bridgehead atoms. The van der Waals surface area contributed by atoms with Crippen LogP contribution in [-0.2, 0) is 14.3 Å². The molecule has 4 rings (SSSR count). The molecule has 0 spiro atoms. The van der Waals surface area contributed by atoms with Crippen LogP contribution in [0.1, 0.15) is 43.0 Å². The fourth-order valence-electron chi connectivity index (χ4n) is 4.63. The molecule has 12 heteroatoms. The lowest BCUT2D eigenvalue weighted by Gasteiger charge is -2.32. The van der Waals surface area contributed by atoms with Gasteiger partial charge in [-0.25, -0.2) is 4.98 Å². The summed E-state index contributed by atoms with van der Waals surface area (Å²) in [5, 5.41) is 5.69. The maximum absolute atomic E-state index is 12.5. The van der Waals surface area contributed by atoms with Crippen molar-refractivity contribution in [2.24, 2.45) is 5.73 Å². The molecule has 1 aromatic carbocycles. The minimum Gasteiger partial charge on any atom is -0.482 e. The molecule has 0 radical (unpaired) electrons. The molecular weight excluding hydrogens is 555 g/mol. The number of likely N-dealkylation sites (tertiary alicyclic amines) is 1. The molecule has 3 aromatic rings. The van der Waals surface area contributed by atoms with E-state index in [9.17, 15) is 4.79 Å². The van der Waals surface area contributed by atoms with Crippen molar-refractivity contribution in [2.45, 2.75) is 38.8 Å². The number of amides is 1. The fourth-order valence-corrected chi connectivity index (χ4v) is 5.31. The number of rotatable bonds is 12. The quantitative estimate of drug-likeness (QED) is 0.296. The summed E-state index contributed by atoms with van der Waals surface area (Å²) in [6.45, 7) is 6.90. The number of ether oxygens (including phenoxy) is 3. The third-order valence-corrected chi connectivity index (χ3v) is 7.73. The van der Waals surface area contributed by atoms with Gasteiger partial charge in [0.15, 0.2) is 11.6 Å². The maximum Gasteiger partial charge on any atom is 0.248 e. The average Bonchev–Trinajstić information content (AvgIpc) is 3.44. The molecule has 40 heavy (non-hydrogen) atoms. The number of nitrogens with zero attached hydrogens (tertiary/aromatic N) is 4. The summed E-state index contributed by atoms with van der Waals surface area (Å²) < 4.78 is 18.8. The zero-order valence-electron chi connectivity index (χ0n) is 22.8. The molecule has 0 aliphatic carbocycles. The van der Waals surface area contributed by atoms with Gasteiger partial charge < -0.3 is 30.6 Å². The Kier molecular flexibility index (Phi) is 10.6. The van der Waals surface area contributed by atoms with Gasteiger partial charge in [0.25, 0.3) is 0 Å². The lowest BCUT2D eigenvalue weighted by Crippen LogP contribution is -2.41. The van der Waals surface area contributed by atoms with Gasteiger partial charge in [0.1, 0.15) is 12.7 Å². The van der Waals surface area contributed by atoms with E-state index >= 15 is 0 Å². The second-order valence-corrected chi connectivity index (χ2v) is 10.5. The van der Waals surface area contributed by atoms with Crippen molar-refractivity contribution in [1.29, 1.82) is 0 Å². The van der Waals surface area contributed by atoms with E-state index in [2.05, 4.69) is 10.1 Å². The van der Waals surface area contributed by atoms with Gasteiger partial charge in [0.05, 0.1) is 37.1 Å². The second-order valence-electron chi connectivity index (χ2n) is 9.73. The Morgan fingerprint density at radius 2 is 1.88 bits per heavy atom. The summed E-state index contributed by atoms with van der Waals surface area (Å²) in [5.41, 5.74) is 14.8. The highest BCUT2D eigenvalue weighted by molar-refractivity contribution is 6.36. The van der Waals surface area contributed by atoms with Gasteiger partial charge >= 0.3 is 0 Å². The zero-order chi connectivity index (χ0) is 28.6. The Bertz CT molecular complexity index is 1300. The minimum atomic E-state index is -0.440.